The first-order valence-corrected chi connectivity index (χ1v) is 7.42. The molecule has 0 aliphatic rings. The molecule has 0 aliphatic heterocycles. The van der Waals surface area contributed by atoms with E-state index in [1.54, 1.807) is 23.0 Å². The van der Waals surface area contributed by atoms with Crippen LogP contribution in [0.1, 0.15) is 25.6 Å². The van der Waals surface area contributed by atoms with Gasteiger partial charge in [-0.2, -0.15) is 5.10 Å². The van der Waals surface area contributed by atoms with Gasteiger partial charge in [-0.25, -0.2) is 5.43 Å². The number of hydrogen-bond donors (Lipinski definition) is 2. The van der Waals surface area contributed by atoms with Gasteiger partial charge >= 0.3 is 0 Å². The van der Waals surface area contributed by atoms with Crippen LogP contribution in [0.2, 0.25) is 10.0 Å². The van der Waals surface area contributed by atoms with Gasteiger partial charge in [0.1, 0.15) is 17.9 Å². The zero-order chi connectivity index (χ0) is 15.4. The molecule has 0 saturated carbocycles. The fraction of sp³-hybridized carbons (Fsp3) is 0.357. The number of aromatic nitrogens is 2. The molecule has 114 valence electrons. The average molecular weight is 329 g/mol. The lowest BCUT2D eigenvalue weighted by atomic mass is 10.1. The van der Waals surface area contributed by atoms with Crippen molar-refractivity contribution >= 4 is 23.2 Å². The lowest BCUT2D eigenvalue weighted by Gasteiger charge is -2.25. The van der Waals surface area contributed by atoms with Gasteiger partial charge < -0.3 is 4.74 Å². The number of halogens is 2. The number of aryl methyl sites for hydroxylation is 1. The van der Waals surface area contributed by atoms with Crippen LogP contribution in [0.4, 0.5) is 0 Å². The summed E-state index contributed by atoms with van der Waals surface area (Å²) in [6, 6.07) is 6.93. The molecule has 0 amide bonds. The normalized spacial score (nSPS) is 14.0. The summed E-state index contributed by atoms with van der Waals surface area (Å²) in [5.74, 6) is 6.36. The van der Waals surface area contributed by atoms with E-state index in [1.165, 1.54) is 0 Å². The second-order valence-corrected chi connectivity index (χ2v) is 5.46. The van der Waals surface area contributed by atoms with E-state index in [2.05, 4.69) is 10.5 Å². The molecule has 21 heavy (non-hydrogen) atoms. The second-order valence-electron chi connectivity index (χ2n) is 4.62. The summed E-state index contributed by atoms with van der Waals surface area (Å²) in [5, 5.41) is 5.39. The Balaban J connectivity index is 2.22. The molecule has 0 saturated heterocycles. The van der Waals surface area contributed by atoms with E-state index in [4.69, 9.17) is 33.8 Å². The highest BCUT2D eigenvalue weighted by atomic mass is 35.5. The summed E-state index contributed by atoms with van der Waals surface area (Å²) in [4.78, 5) is 0. The molecule has 0 bridgehead atoms. The topological polar surface area (TPSA) is 65.1 Å². The molecule has 2 unspecified atom stereocenters. The van der Waals surface area contributed by atoms with Crippen LogP contribution < -0.4 is 16.0 Å². The van der Waals surface area contributed by atoms with Crippen molar-refractivity contribution in [2.45, 2.75) is 32.5 Å². The Labute approximate surface area is 134 Å². The number of nitrogens with zero attached hydrogens (tertiary/aromatic N) is 2. The molecule has 5 nitrogen and oxygen atoms in total. The maximum atomic E-state index is 6.21. The van der Waals surface area contributed by atoms with Gasteiger partial charge in [0.15, 0.2) is 0 Å². The summed E-state index contributed by atoms with van der Waals surface area (Å²) in [6.45, 7) is 4.60. The predicted molar refractivity (Wildman–Crippen MR) is 84.5 cm³/mol. The van der Waals surface area contributed by atoms with Crippen LogP contribution in [-0.2, 0) is 6.54 Å². The SMILES string of the molecule is CCn1ncc(Cl)c1C(NN)C(C)Oc1cccc(Cl)c1. The third-order valence-electron chi connectivity index (χ3n) is 3.19. The first kappa shape index (κ1) is 16.1. The van der Waals surface area contributed by atoms with Gasteiger partial charge in [0.25, 0.3) is 0 Å². The maximum Gasteiger partial charge on any atom is 0.121 e. The van der Waals surface area contributed by atoms with Crippen LogP contribution in [0, 0.1) is 0 Å². The van der Waals surface area contributed by atoms with Crippen LogP contribution in [0.5, 0.6) is 5.75 Å². The van der Waals surface area contributed by atoms with Crippen molar-refractivity contribution in [3.63, 3.8) is 0 Å². The third-order valence-corrected chi connectivity index (χ3v) is 3.72. The van der Waals surface area contributed by atoms with Crippen LogP contribution in [0.15, 0.2) is 30.5 Å². The zero-order valence-electron chi connectivity index (χ0n) is 11.9. The van der Waals surface area contributed by atoms with E-state index in [0.717, 1.165) is 5.69 Å². The lowest BCUT2D eigenvalue weighted by Crippen LogP contribution is -2.39. The number of nitrogens with two attached hydrogens (primary N) is 1. The highest BCUT2D eigenvalue weighted by Gasteiger charge is 2.26. The summed E-state index contributed by atoms with van der Waals surface area (Å²) in [6.07, 6.45) is 1.35. The fourth-order valence-corrected chi connectivity index (χ4v) is 2.63. The molecule has 0 aliphatic carbocycles. The van der Waals surface area contributed by atoms with Crippen LogP contribution in [0.25, 0.3) is 0 Å². The molecule has 0 fully saturated rings. The molecule has 2 aromatic rings. The minimum absolute atomic E-state index is 0.257. The molecule has 2 rings (SSSR count). The Hall–Kier alpha value is -1.27. The Morgan fingerprint density at radius 3 is 2.81 bits per heavy atom. The number of nitrogens with one attached hydrogen (secondary N) is 1. The van der Waals surface area contributed by atoms with Crippen LogP contribution >= 0.6 is 23.2 Å². The van der Waals surface area contributed by atoms with Crippen molar-refractivity contribution in [2.75, 3.05) is 0 Å². The Kier molecular flexibility index (Phi) is 5.47. The average Bonchev–Trinajstić information content (AvgIpc) is 2.81. The molecule has 3 N–H and O–H groups in total. The van der Waals surface area contributed by atoms with Gasteiger partial charge in [-0.15, -0.1) is 0 Å². The molecule has 0 radical (unpaired) electrons. The molecule has 2 atom stereocenters. The number of hydrogen-bond acceptors (Lipinski definition) is 4. The van der Waals surface area contributed by atoms with E-state index in [9.17, 15) is 0 Å². The predicted octanol–water partition coefficient (Wildman–Crippen LogP) is 3.18. The lowest BCUT2D eigenvalue weighted by molar-refractivity contribution is 0.166. The van der Waals surface area contributed by atoms with Gasteiger partial charge in [0, 0.05) is 11.6 Å². The number of hydrazine groups is 1. The first-order chi connectivity index (χ1) is 10.1. The molecule has 0 spiro atoms. The summed E-state index contributed by atoms with van der Waals surface area (Å²) >= 11 is 12.2. The molecule has 1 aromatic carbocycles. The van der Waals surface area contributed by atoms with Gasteiger partial charge in [0.2, 0.25) is 0 Å². The minimum atomic E-state index is -0.293. The highest BCUT2D eigenvalue weighted by molar-refractivity contribution is 6.31. The fourth-order valence-electron chi connectivity index (χ4n) is 2.19. The van der Waals surface area contributed by atoms with E-state index >= 15 is 0 Å². The Bertz CT molecular complexity index is 602. The van der Waals surface area contributed by atoms with Crippen molar-refractivity contribution in [3.05, 3.63) is 46.2 Å². The molecular weight excluding hydrogens is 311 g/mol. The van der Waals surface area contributed by atoms with Crippen LogP contribution in [-0.4, -0.2) is 15.9 Å². The minimum Gasteiger partial charge on any atom is -0.489 e. The van der Waals surface area contributed by atoms with E-state index < -0.39 is 0 Å². The third kappa shape index (κ3) is 3.68. The van der Waals surface area contributed by atoms with E-state index in [1.807, 2.05) is 26.0 Å². The van der Waals surface area contributed by atoms with Crippen molar-refractivity contribution in [1.82, 2.24) is 15.2 Å². The second kappa shape index (κ2) is 7.13. The van der Waals surface area contributed by atoms with Gasteiger partial charge in [0.05, 0.1) is 16.9 Å². The Morgan fingerprint density at radius 2 is 2.19 bits per heavy atom. The summed E-state index contributed by atoms with van der Waals surface area (Å²) < 4.78 is 7.70. The van der Waals surface area contributed by atoms with Gasteiger partial charge in [-0.05, 0) is 32.0 Å². The molecular formula is C14H18Cl2N4O. The quantitative estimate of drug-likeness (QED) is 0.631. The molecule has 1 aromatic heterocycles. The molecule has 1 heterocycles. The molecule has 7 heteroatoms. The number of rotatable bonds is 6. The van der Waals surface area contributed by atoms with E-state index in [-0.39, 0.29) is 12.1 Å². The zero-order valence-corrected chi connectivity index (χ0v) is 13.4. The number of ether oxygens (including phenoxy) is 1. The maximum absolute atomic E-state index is 6.21. The van der Waals surface area contributed by atoms with Crippen LogP contribution in [0.3, 0.4) is 0 Å². The van der Waals surface area contributed by atoms with Crippen molar-refractivity contribution in [1.29, 1.82) is 0 Å². The smallest absolute Gasteiger partial charge is 0.121 e. The van der Waals surface area contributed by atoms with Crippen molar-refractivity contribution < 1.29 is 4.74 Å². The Morgan fingerprint density at radius 1 is 1.43 bits per heavy atom. The first-order valence-electron chi connectivity index (χ1n) is 6.66. The van der Waals surface area contributed by atoms with E-state index in [0.29, 0.717) is 22.3 Å². The van der Waals surface area contributed by atoms with Gasteiger partial charge in [-0.3, -0.25) is 10.5 Å². The van der Waals surface area contributed by atoms with Crippen molar-refractivity contribution in [3.8, 4) is 5.75 Å². The van der Waals surface area contributed by atoms with Gasteiger partial charge in [-0.1, -0.05) is 29.3 Å². The van der Waals surface area contributed by atoms with Crippen molar-refractivity contribution in [2.24, 2.45) is 5.84 Å². The monoisotopic (exact) mass is 328 g/mol. The summed E-state index contributed by atoms with van der Waals surface area (Å²) in [5.41, 5.74) is 3.55. The standard InChI is InChI=1S/C14H18Cl2N4O/c1-3-20-14(12(16)8-18-20)13(19-17)9(2)21-11-6-4-5-10(15)7-11/h4-9,13,19H,3,17H2,1-2H3. The largest absolute Gasteiger partial charge is 0.489 e. The summed E-state index contributed by atoms with van der Waals surface area (Å²) in [7, 11) is 0. The highest BCUT2D eigenvalue weighted by Crippen LogP contribution is 2.28. The number of benzene rings is 1.